The van der Waals surface area contributed by atoms with Crippen LogP contribution in [0, 0.1) is 0 Å². The van der Waals surface area contributed by atoms with E-state index in [9.17, 15) is 4.79 Å². The Morgan fingerprint density at radius 3 is 2.53 bits per heavy atom. The molecule has 1 aliphatic rings. The molecule has 9 heteroatoms. The molecule has 1 aromatic heterocycles. The third-order valence-electron chi connectivity index (χ3n) is 4.34. The quantitative estimate of drug-likeness (QED) is 0.216. The van der Waals surface area contributed by atoms with Crippen molar-refractivity contribution >= 4 is 41.8 Å². The molecule has 8 nitrogen and oxygen atoms in total. The Hall–Kier alpha value is -1.78. The van der Waals surface area contributed by atoms with Crippen LogP contribution in [0.4, 0.5) is 10.6 Å². The molecule has 0 atom stereocenters. The molecule has 0 saturated carbocycles. The summed E-state index contributed by atoms with van der Waals surface area (Å²) in [6.07, 6.45) is 5.22. The molecule has 1 aliphatic heterocycles. The number of hydrogen-bond donors (Lipinski definition) is 3. The van der Waals surface area contributed by atoms with Crippen LogP contribution in [0.2, 0.25) is 0 Å². The topological polar surface area (TPSA) is 90.9 Å². The van der Waals surface area contributed by atoms with Crippen molar-refractivity contribution in [1.29, 1.82) is 0 Å². The lowest BCUT2D eigenvalue weighted by molar-refractivity contribution is 0.0529. The van der Waals surface area contributed by atoms with Crippen molar-refractivity contribution in [3.8, 4) is 0 Å². The number of carbonyl (C=O) groups excluding carboxylic acids is 1. The monoisotopic (exact) mass is 532 g/mol. The van der Waals surface area contributed by atoms with E-state index >= 15 is 0 Å². The van der Waals surface area contributed by atoms with Crippen molar-refractivity contribution in [2.24, 2.45) is 4.99 Å². The number of aliphatic imine (C=N–C) groups is 1. The Morgan fingerprint density at radius 1 is 1.17 bits per heavy atom. The Morgan fingerprint density at radius 2 is 1.87 bits per heavy atom. The number of hydrogen-bond acceptors (Lipinski definition) is 5. The second-order valence-corrected chi connectivity index (χ2v) is 8.12. The van der Waals surface area contributed by atoms with Crippen LogP contribution in [0.25, 0.3) is 0 Å². The number of nitrogens with one attached hydrogen (secondary N) is 3. The number of alkyl carbamates (subject to hydrolysis) is 1. The average molecular weight is 532 g/mol. The van der Waals surface area contributed by atoms with Crippen LogP contribution in [-0.2, 0) is 11.3 Å². The Balaban J connectivity index is 0.00000450. The summed E-state index contributed by atoms with van der Waals surface area (Å²) in [7, 11) is 0. The zero-order valence-electron chi connectivity index (χ0n) is 18.7. The highest BCUT2D eigenvalue weighted by atomic mass is 127. The number of halogens is 1. The van der Waals surface area contributed by atoms with Crippen molar-refractivity contribution in [3.63, 3.8) is 0 Å². The summed E-state index contributed by atoms with van der Waals surface area (Å²) in [5, 5.41) is 9.19. The summed E-state index contributed by atoms with van der Waals surface area (Å²) in [5.74, 6) is 1.76. The van der Waals surface area contributed by atoms with Crippen LogP contribution in [-0.4, -0.2) is 55.4 Å². The minimum absolute atomic E-state index is 0. The molecule has 2 heterocycles. The van der Waals surface area contributed by atoms with Gasteiger partial charge in [-0.2, -0.15) is 0 Å². The van der Waals surface area contributed by atoms with Crippen molar-refractivity contribution in [3.05, 3.63) is 23.9 Å². The van der Waals surface area contributed by atoms with Gasteiger partial charge in [0.05, 0.1) is 6.54 Å². The normalized spacial score (nSPS) is 14.5. The van der Waals surface area contributed by atoms with Gasteiger partial charge >= 0.3 is 6.09 Å². The lowest BCUT2D eigenvalue weighted by Crippen LogP contribution is -2.42. The Bertz CT molecular complexity index is 672. The van der Waals surface area contributed by atoms with Crippen molar-refractivity contribution in [2.75, 3.05) is 37.6 Å². The third-order valence-corrected chi connectivity index (χ3v) is 4.34. The Kier molecular flexibility index (Phi) is 11.8. The van der Waals surface area contributed by atoms with Crippen molar-refractivity contribution < 1.29 is 9.53 Å². The summed E-state index contributed by atoms with van der Waals surface area (Å²) in [5.41, 5.74) is 0.635. The molecule has 2 rings (SSSR count). The SMILES string of the molecule is CCNC(=NCc1ccnc(N2CCCCC2)c1)NCCNC(=O)OC(C)(C)C.I. The van der Waals surface area contributed by atoms with Gasteiger partial charge in [-0.15, -0.1) is 24.0 Å². The van der Waals surface area contributed by atoms with Gasteiger partial charge in [0.15, 0.2) is 5.96 Å². The molecule has 0 aromatic carbocycles. The van der Waals surface area contributed by atoms with Crippen molar-refractivity contribution in [2.45, 2.75) is 59.1 Å². The average Bonchev–Trinajstić information content (AvgIpc) is 2.69. The summed E-state index contributed by atoms with van der Waals surface area (Å²) in [4.78, 5) is 23.2. The van der Waals surface area contributed by atoms with Gasteiger partial charge in [-0.25, -0.2) is 14.8 Å². The number of pyridine rings is 1. The zero-order valence-corrected chi connectivity index (χ0v) is 21.0. The number of aromatic nitrogens is 1. The zero-order chi connectivity index (χ0) is 21.1. The number of piperidine rings is 1. The first-order valence-electron chi connectivity index (χ1n) is 10.6. The molecule has 1 amide bonds. The molecule has 0 bridgehead atoms. The molecule has 1 saturated heterocycles. The van der Waals surface area contributed by atoms with Crippen LogP contribution in [0.3, 0.4) is 0 Å². The van der Waals surface area contributed by atoms with Gasteiger partial charge in [-0.1, -0.05) is 0 Å². The summed E-state index contributed by atoms with van der Waals surface area (Å²) in [6.45, 7) is 12.1. The number of nitrogens with zero attached hydrogens (tertiary/aromatic N) is 3. The van der Waals surface area contributed by atoms with Gasteiger partial charge in [0.25, 0.3) is 0 Å². The maximum absolute atomic E-state index is 11.7. The molecular weight excluding hydrogens is 495 g/mol. The van der Waals surface area contributed by atoms with Gasteiger partial charge in [0.2, 0.25) is 0 Å². The molecular formula is C21H37IN6O2. The minimum Gasteiger partial charge on any atom is -0.444 e. The third kappa shape index (κ3) is 10.3. The molecule has 1 aromatic rings. The molecule has 0 unspecified atom stereocenters. The molecule has 0 spiro atoms. The number of guanidine groups is 1. The fourth-order valence-electron chi connectivity index (χ4n) is 3.03. The maximum atomic E-state index is 11.7. The van der Waals surface area contributed by atoms with Gasteiger partial charge in [0, 0.05) is 38.9 Å². The van der Waals surface area contributed by atoms with E-state index in [1.807, 2.05) is 40.0 Å². The first-order chi connectivity index (χ1) is 13.9. The predicted molar refractivity (Wildman–Crippen MR) is 133 cm³/mol. The van der Waals surface area contributed by atoms with E-state index in [1.165, 1.54) is 19.3 Å². The molecule has 1 fully saturated rings. The second-order valence-electron chi connectivity index (χ2n) is 8.12. The van der Waals surface area contributed by atoms with Crippen LogP contribution in [0.5, 0.6) is 0 Å². The Labute approximate surface area is 197 Å². The van der Waals surface area contributed by atoms with Gasteiger partial charge in [0.1, 0.15) is 11.4 Å². The maximum Gasteiger partial charge on any atom is 0.407 e. The highest BCUT2D eigenvalue weighted by molar-refractivity contribution is 14.0. The molecule has 30 heavy (non-hydrogen) atoms. The first-order valence-corrected chi connectivity index (χ1v) is 10.6. The lowest BCUT2D eigenvalue weighted by atomic mass is 10.1. The van der Waals surface area contributed by atoms with Crippen LogP contribution in [0.1, 0.15) is 52.5 Å². The van der Waals surface area contributed by atoms with Gasteiger partial charge in [-0.3, -0.25) is 0 Å². The van der Waals surface area contributed by atoms with E-state index < -0.39 is 11.7 Å². The van der Waals surface area contributed by atoms with Crippen LogP contribution >= 0.6 is 24.0 Å². The van der Waals surface area contributed by atoms with E-state index in [1.54, 1.807) is 0 Å². The number of rotatable bonds is 7. The smallest absolute Gasteiger partial charge is 0.407 e. The van der Waals surface area contributed by atoms with E-state index in [2.05, 4.69) is 36.9 Å². The second kappa shape index (κ2) is 13.5. The van der Waals surface area contributed by atoms with E-state index in [-0.39, 0.29) is 24.0 Å². The number of amides is 1. The van der Waals surface area contributed by atoms with Crippen LogP contribution in [0.15, 0.2) is 23.3 Å². The minimum atomic E-state index is -0.495. The summed E-state index contributed by atoms with van der Waals surface area (Å²) < 4.78 is 5.23. The van der Waals surface area contributed by atoms with Gasteiger partial charge < -0.3 is 25.6 Å². The molecule has 0 aliphatic carbocycles. The number of carbonyl (C=O) groups is 1. The van der Waals surface area contributed by atoms with E-state index in [0.717, 1.165) is 37.0 Å². The predicted octanol–water partition coefficient (Wildman–Crippen LogP) is 3.27. The molecule has 3 N–H and O–H groups in total. The highest BCUT2D eigenvalue weighted by Crippen LogP contribution is 2.18. The first kappa shape index (κ1) is 26.3. The number of anilines is 1. The molecule has 0 radical (unpaired) electrons. The van der Waals surface area contributed by atoms with Crippen molar-refractivity contribution in [1.82, 2.24) is 20.9 Å². The largest absolute Gasteiger partial charge is 0.444 e. The van der Waals surface area contributed by atoms with Gasteiger partial charge in [-0.05, 0) is 64.7 Å². The fourth-order valence-corrected chi connectivity index (χ4v) is 3.03. The fraction of sp³-hybridized carbons (Fsp3) is 0.667. The highest BCUT2D eigenvalue weighted by Gasteiger charge is 2.15. The summed E-state index contributed by atoms with van der Waals surface area (Å²) in [6, 6.07) is 4.13. The van der Waals surface area contributed by atoms with Crippen LogP contribution < -0.4 is 20.9 Å². The van der Waals surface area contributed by atoms with E-state index in [4.69, 9.17) is 4.74 Å². The van der Waals surface area contributed by atoms with E-state index in [0.29, 0.717) is 19.6 Å². The lowest BCUT2D eigenvalue weighted by Gasteiger charge is -2.27. The molecule has 170 valence electrons. The standard InChI is InChI=1S/C21H36N6O2.HI/c1-5-22-19(24-11-12-25-20(28)29-21(2,3)4)26-16-17-9-10-23-18(15-17)27-13-7-6-8-14-27;/h9-10,15H,5-8,11-14,16H2,1-4H3,(H,25,28)(H2,22,24,26);1H. The number of ether oxygens (including phenoxy) is 1. The summed E-state index contributed by atoms with van der Waals surface area (Å²) >= 11 is 0.